The number of hydrogen-bond acceptors (Lipinski definition) is 1. The third-order valence-corrected chi connectivity index (χ3v) is 3.29. The molecular weight excluding hydrogens is 220 g/mol. The summed E-state index contributed by atoms with van der Waals surface area (Å²) in [4.78, 5) is 0. The van der Waals surface area contributed by atoms with Gasteiger partial charge in [0.1, 0.15) is 11.6 Å². The van der Waals surface area contributed by atoms with E-state index in [1.807, 2.05) is 0 Å². The molecule has 0 amide bonds. The molecule has 0 aromatic heterocycles. The summed E-state index contributed by atoms with van der Waals surface area (Å²) in [5.74, 6) is -0.516. The van der Waals surface area contributed by atoms with Crippen molar-refractivity contribution >= 4 is 11.6 Å². The van der Waals surface area contributed by atoms with Gasteiger partial charge in [-0.15, -0.1) is 11.6 Å². The van der Waals surface area contributed by atoms with Gasteiger partial charge < -0.3 is 5.32 Å². The van der Waals surface area contributed by atoms with Gasteiger partial charge in [0, 0.05) is 29.6 Å². The molecule has 0 aliphatic heterocycles. The highest BCUT2D eigenvalue weighted by Gasteiger charge is 2.41. The monoisotopic (exact) mass is 231 g/mol. The zero-order valence-electron chi connectivity index (χ0n) is 8.19. The second-order valence-corrected chi connectivity index (χ2v) is 4.27. The van der Waals surface area contributed by atoms with Crippen molar-refractivity contribution in [2.24, 2.45) is 0 Å². The normalized spacial score (nSPS) is 17.8. The molecule has 1 fully saturated rings. The molecule has 0 bridgehead atoms. The lowest BCUT2D eigenvalue weighted by Gasteiger charge is -2.14. The van der Waals surface area contributed by atoms with Gasteiger partial charge in [-0.25, -0.2) is 8.78 Å². The van der Waals surface area contributed by atoms with E-state index < -0.39 is 11.6 Å². The zero-order valence-corrected chi connectivity index (χ0v) is 8.95. The molecule has 0 unspecified atom stereocenters. The second kappa shape index (κ2) is 4.06. The highest BCUT2D eigenvalue weighted by atomic mass is 35.5. The minimum absolute atomic E-state index is 0.0115. The van der Waals surface area contributed by atoms with E-state index in [9.17, 15) is 8.78 Å². The van der Waals surface area contributed by atoms with E-state index in [0.29, 0.717) is 18.0 Å². The predicted molar refractivity (Wildman–Crippen MR) is 55.9 cm³/mol. The van der Waals surface area contributed by atoms with E-state index in [1.165, 1.54) is 12.1 Å². The first-order valence-corrected chi connectivity index (χ1v) is 5.44. The van der Waals surface area contributed by atoms with Crippen LogP contribution >= 0.6 is 11.6 Å². The van der Waals surface area contributed by atoms with Crippen LogP contribution in [0.15, 0.2) is 18.2 Å². The van der Waals surface area contributed by atoms with Crippen molar-refractivity contribution in [2.75, 3.05) is 5.88 Å². The smallest absolute Gasteiger partial charge is 0.130 e. The summed E-state index contributed by atoms with van der Waals surface area (Å²) in [6.07, 6.45) is 2.05. The zero-order chi connectivity index (χ0) is 10.9. The van der Waals surface area contributed by atoms with Crippen molar-refractivity contribution in [3.05, 3.63) is 35.4 Å². The molecule has 0 saturated heterocycles. The van der Waals surface area contributed by atoms with Crippen LogP contribution in [0.3, 0.4) is 0 Å². The quantitative estimate of drug-likeness (QED) is 0.786. The van der Waals surface area contributed by atoms with Crippen molar-refractivity contribution in [1.82, 2.24) is 5.32 Å². The average molecular weight is 232 g/mol. The molecule has 1 aliphatic rings. The summed E-state index contributed by atoms with van der Waals surface area (Å²) in [5.41, 5.74) is 0.468. The summed E-state index contributed by atoms with van der Waals surface area (Å²) in [6, 6.07) is 3.62. The number of benzene rings is 1. The van der Waals surface area contributed by atoms with Gasteiger partial charge in [0.25, 0.3) is 0 Å². The van der Waals surface area contributed by atoms with Gasteiger partial charge in [0.2, 0.25) is 0 Å². The van der Waals surface area contributed by atoms with E-state index in [0.717, 1.165) is 18.9 Å². The predicted octanol–water partition coefficient (Wildman–Crippen LogP) is 2.83. The van der Waals surface area contributed by atoms with Crippen LogP contribution in [0.25, 0.3) is 0 Å². The van der Waals surface area contributed by atoms with Gasteiger partial charge in [0.15, 0.2) is 0 Å². The Balaban J connectivity index is 1.99. The molecule has 15 heavy (non-hydrogen) atoms. The minimum Gasteiger partial charge on any atom is -0.306 e. The average Bonchev–Trinajstić information content (AvgIpc) is 2.97. The third-order valence-electron chi connectivity index (χ3n) is 2.78. The summed E-state index contributed by atoms with van der Waals surface area (Å²) in [6.45, 7) is 0.402. The van der Waals surface area contributed by atoms with E-state index >= 15 is 0 Å². The highest BCUT2D eigenvalue weighted by molar-refractivity contribution is 6.18. The van der Waals surface area contributed by atoms with Gasteiger partial charge in [-0.05, 0) is 18.9 Å². The fraction of sp³-hybridized carbons (Fsp3) is 0.455. The van der Waals surface area contributed by atoms with E-state index in [-0.39, 0.29) is 5.54 Å². The highest BCUT2D eigenvalue weighted by Crippen LogP contribution is 2.36. The van der Waals surface area contributed by atoms with E-state index in [2.05, 4.69) is 5.32 Å². The number of rotatable bonds is 4. The van der Waals surface area contributed by atoms with E-state index in [1.54, 1.807) is 0 Å². The molecule has 1 aliphatic carbocycles. The van der Waals surface area contributed by atoms with Gasteiger partial charge in [-0.1, -0.05) is 6.07 Å². The second-order valence-electron chi connectivity index (χ2n) is 4.00. The molecule has 4 heteroatoms. The Labute approximate surface area is 92.4 Å². The Morgan fingerprint density at radius 2 is 2.07 bits per heavy atom. The van der Waals surface area contributed by atoms with Crippen molar-refractivity contribution in [2.45, 2.75) is 24.9 Å². The molecule has 0 radical (unpaired) electrons. The number of halogens is 3. The molecule has 0 spiro atoms. The van der Waals surface area contributed by atoms with Crippen LogP contribution in [0, 0.1) is 11.6 Å². The Morgan fingerprint density at radius 1 is 1.33 bits per heavy atom. The molecule has 82 valence electrons. The largest absolute Gasteiger partial charge is 0.306 e. The SMILES string of the molecule is Fc1ccc(CNC2(CCl)CC2)c(F)c1. The minimum atomic E-state index is -0.547. The van der Waals surface area contributed by atoms with Gasteiger partial charge in [-0.3, -0.25) is 0 Å². The van der Waals surface area contributed by atoms with E-state index in [4.69, 9.17) is 11.6 Å². The Bertz CT molecular complexity index is 364. The number of hydrogen-bond donors (Lipinski definition) is 1. The lowest BCUT2D eigenvalue weighted by atomic mass is 10.2. The Hall–Kier alpha value is -0.670. The molecule has 2 rings (SSSR count). The molecule has 1 saturated carbocycles. The standard InChI is InChI=1S/C11H12ClF2N/c12-7-11(3-4-11)15-6-8-1-2-9(13)5-10(8)14/h1-2,5,15H,3-4,6-7H2. The van der Waals surface area contributed by atoms with Crippen LogP contribution in [-0.2, 0) is 6.54 Å². The van der Waals surface area contributed by atoms with Gasteiger partial charge in [0.05, 0.1) is 0 Å². The topological polar surface area (TPSA) is 12.0 Å². The summed E-state index contributed by atoms with van der Waals surface area (Å²) in [5, 5.41) is 3.20. The summed E-state index contributed by atoms with van der Waals surface area (Å²) < 4.78 is 25.9. The first kappa shape index (κ1) is 10.8. The molecule has 1 N–H and O–H groups in total. The van der Waals surface area contributed by atoms with Crippen molar-refractivity contribution in [3.63, 3.8) is 0 Å². The molecule has 1 nitrogen and oxygen atoms in total. The number of nitrogens with one attached hydrogen (secondary N) is 1. The van der Waals surface area contributed by atoms with Crippen molar-refractivity contribution in [1.29, 1.82) is 0 Å². The van der Waals surface area contributed by atoms with Crippen molar-refractivity contribution in [3.8, 4) is 0 Å². The van der Waals surface area contributed by atoms with Crippen LogP contribution in [-0.4, -0.2) is 11.4 Å². The fourth-order valence-electron chi connectivity index (χ4n) is 1.46. The molecular formula is C11H12ClF2N. The molecule has 1 aromatic carbocycles. The molecule has 1 aromatic rings. The maximum Gasteiger partial charge on any atom is 0.130 e. The van der Waals surface area contributed by atoms with Crippen LogP contribution in [0.2, 0.25) is 0 Å². The van der Waals surface area contributed by atoms with Crippen LogP contribution in [0.4, 0.5) is 8.78 Å². The maximum absolute atomic E-state index is 13.2. The number of alkyl halides is 1. The van der Waals surface area contributed by atoms with Crippen LogP contribution in [0.1, 0.15) is 18.4 Å². The first-order chi connectivity index (χ1) is 7.15. The lowest BCUT2D eigenvalue weighted by molar-refractivity contribution is 0.516. The lowest BCUT2D eigenvalue weighted by Crippen LogP contribution is -2.32. The Kier molecular flexibility index (Phi) is 2.94. The Morgan fingerprint density at radius 3 is 2.60 bits per heavy atom. The maximum atomic E-state index is 13.2. The third kappa shape index (κ3) is 2.47. The van der Waals surface area contributed by atoms with Gasteiger partial charge in [-0.2, -0.15) is 0 Å². The first-order valence-electron chi connectivity index (χ1n) is 4.90. The summed E-state index contributed by atoms with van der Waals surface area (Å²) >= 11 is 5.77. The van der Waals surface area contributed by atoms with Crippen LogP contribution in [0.5, 0.6) is 0 Å². The summed E-state index contributed by atoms with van der Waals surface area (Å²) in [7, 11) is 0. The fourth-order valence-corrected chi connectivity index (χ4v) is 1.82. The van der Waals surface area contributed by atoms with Crippen LogP contribution < -0.4 is 5.32 Å². The molecule has 0 heterocycles. The van der Waals surface area contributed by atoms with Gasteiger partial charge >= 0.3 is 0 Å². The molecule has 0 atom stereocenters. The van der Waals surface area contributed by atoms with Crippen molar-refractivity contribution < 1.29 is 8.78 Å².